The molecule has 0 aromatic heterocycles. The standard InChI is InChI=1S/C52H40O2S/c1-2-12-52(53)54-55(43-31-25-40(26-32-43)49-22-9-16-37-13-3-6-19-46(37)49,44-33-27-41(28-34-44)50-23-10-17-38-14-4-7-20-47(38)50)45-35-29-42(30-36-45)51-24-11-18-39-15-5-8-21-48(39)51/h3-11,13-36H,2,12H2,1H3. The molecule has 0 N–H and O–H groups in total. The van der Waals surface area contributed by atoms with Crippen LogP contribution >= 0.6 is 10.3 Å². The van der Waals surface area contributed by atoms with Crippen molar-refractivity contribution in [1.29, 1.82) is 0 Å². The highest BCUT2D eigenvalue weighted by Crippen LogP contribution is 2.69. The topological polar surface area (TPSA) is 26.3 Å². The smallest absolute Gasteiger partial charge is 0.317 e. The van der Waals surface area contributed by atoms with Crippen molar-refractivity contribution >= 4 is 48.6 Å². The molecule has 0 fully saturated rings. The Morgan fingerprint density at radius 3 is 1.04 bits per heavy atom. The fraction of sp³-hybridized carbons (Fsp3) is 0.0577. The van der Waals surface area contributed by atoms with Crippen LogP contribution in [0.15, 0.2) is 215 Å². The molecule has 0 aliphatic rings. The van der Waals surface area contributed by atoms with E-state index in [1.165, 1.54) is 49.0 Å². The van der Waals surface area contributed by atoms with Crippen molar-refractivity contribution in [2.45, 2.75) is 34.5 Å². The molecule has 9 aromatic rings. The van der Waals surface area contributed by atoms with Crippen molar-refractivity contribution < 1.29 is 8.98 Å². The first-order valence-electron chi connectivity index (χ1n) is 18.9. The van der Waals surface area contributed by atoms with Gasteiger partial charge in [0.25, 0.3) is 0 Å². The van der Waals surface area contributed by atoms with E-state index in [9.17, 15) is 4.79 Å². The van der Waals surface area contributed by atoms with Gasteiger partial charge in [-0.3, -0.25) is 4.79 Å². The monoisotopic (exact) mass is 728 g/mol. The number of hydrogen-bond donors (Lipinski definition) is 0. The maximum Gasteiger partial charge on any atom is 0.317 e. The zero-order valence-corrected chi connectivity index (χ0v) is 31.5. The highest BCUT2D eigenvalue weighted by molar-refractivity contribution is 8.30. The summed E-state index contributed by atoms with van der Waals surface area (Å²) in [5, 5.41) is 7.23. The Bertz CT molecular complexity index is 2490. The van der Waals surface area contributed by atoms with Gasteiger partial charge >= 0.3 is 5.97 Å². The summed E-state index contributed by atoms with van der Waals surface area (Å²) in [6.07, 6.45) is 1.04. The van der Waals surface area contributed by atoms with Crippen LogP contribution in [0.5, 0.6) is 0 Å². The van der Waals surface area contributed by atoms with Crippen LogP contribution in [0.1, 0.15) is 19.8 Å². The summed E-state index contributed by atoms with van der Waals surface area (Å²) in [5.74, 6) is -0.202. The Balaban J connectivity index is 1.22. The lowest BCUT2D eigenvalue weighted by molar-refractivity contribution is -0.133. The van der Waals surface area contributed by atoms with Gasteiger partial charge in [-0.25, -0.2) is 0 Å². The van der Waals surface area contributed by atoms with Crippen LogP contribution in [0.2, 0.25) is 0 Å². The molecule has 9 rings (SSSR count). The first kappa shape index (κ1) is 34.4. The van der Waals surface area contributed by atoms with Crippen LogP contribution < -0.4 is 0 Å². The van der Waals surface area contributed by atoms with E-state index in [2.05, 4.69) is 200 Å². The van der Waals surface area contributed by atoms with Crippen molar-refractivity contribution in [3.8, 4) is 33.4 Å². The van der Waals surface area contributed by atoms with Crippen LogP contribution in [0.4, 0.5) is 0 Å². The van der Waals surface area contributed by atoms with E-state index in [0.29, 0.717) is 12.8 Å². The molecule has 0 amide bonds. The Kier molecular flexibility index (Phi) is 9.23. The summed E-state index contributed by atoms with van der Waals surface area (Å²) in [7, 11) is -2.53. The average molecular weight is 729 g/mol. The first-order chi connectivity index (χ1) is 27.1. The lowest BCUT2D eigenvalue weighted by Crippen LogP contribution is -2.13. The van der Waals surface area contributed by atoms with E-state index in [-0.39, 0.29) is 5.97 Å². The molecule has 0 spiro atoms. The Morgan fingerprint density at radius 1 is 0.400 bits per heavy atom. The summed E-state index contributed by atoms with van der Waals surface area (Å²) in [5.41, 5.74) is 6.87. The number of carbonyl (C=O) groups excluding carboxylic acids is 1. The van der Waals surface area contributed by atoms with Gasteiger partial charge in [0, 0.05) is 21.1 Å². The Hall–Kier alpha value is -6.42. The zero-order chi connectivity index (χ0) is 37.2. The van der Waals surface area contributed by atoms with Crippen LogP contribution in [-0.2, 0) is 8.98 Å². The van der Waals surface area contributed by atoms with E-state index < -0.39 is 10.3 Å². The fourth-order valence-corrected chi connectivity index (χ4v) is 10.9. The van der Waals surface area contributed by atoms with E-state index in [1.807, 2.05) is 6.92 Å². The molecule has 0 atom stereocenters. The van der Waals surface area contributed by atoms with Gasteiger partial charge in [-0.05, 0) is 119 Å². The SMILES string of the molecule is CCCC(=O)OS(c1ccc(-c2cccc3ccccc23)cc1)(c1ccc(-c2cccc3ccccc23)cc1)c1ccc(-c2cccc3ccccc23)cc1. The maximum atomic E-state index is 13.9. The van der Waals surface area contributed by atoms with Gasteiger partial charge in [0.15, 0.2) is 0 Å². The molecule has 0 saturated heterocycles. The normalized spacial score (nSPS) is 11.9. The third-order valence-corrected chi connectivity index (χ3v) is 13.8. The molecular formula is C52H40O2S. The van der Waals surface area contributed by atoms with Gasteiger partial charge in [0.05, 0.1) is 0 Å². The third kappa shape index (κ3) is 6.37. The largest absolute Gasteiger partial charge is 0.402 e. The molecule has 0 bridgehead atoms. The van der Waals surface area contributed by atoms with Crippen LogP contribution in [0, 0.1) is 0 Å². The molecular weight excluding hydrogens is 689 g/mol. The minimum absolute atomic E-state index is 0.202. The minimum Gasteiger partial charge on any atom is -0.402 e. The van der Waals surface area contributed by atoms with E-state index in [1.54, 1.807) is 0 Å². The summed E-state index contributed by atoms with van der Waals surface area (Å²) in [6, 6.07) is 70.9. The molecule has 0 radical (unpaired) electrons. The van der Waals surface area contributed by atoms with Crippen molar-refractivity contribution in [2.75, 3.05) is 0 Å². The molecule has 266 valence electrons. The number of carbonyl (C=O) groups is 1. The molecule has 2 nitrogen and oxygen atoms in total. The van der Waals surface area contributed by atoms with Crippen molar-refractivity contribution in [3.63, 3.8) is 0 Å². The number of hydrogen-bond acceptors (Lipinski definition) is 2. The first-order valence-corrected chi connectivity index (χ1v) is 20.5. The summed E-state index contributed by atoms with van der Waals surface area (Å²) in [4.78, 5) is 16.8. The molecule has 55 heavy (non-hydrogen) atoms. The van der Waals surface area contributed by atoms with Crippen molar-refractivity contribution in [2.24, 2.45) is 0 Å². The quantitative estimate of drug-likeness (QED) is 0.148. The number of benzene rings is 9. The van der Waals surface area contributed by atoms with Gasteiger partial charge in [-0.1, -0.05) is 171 Å². The molecule has 0 aliphatic carbocycles. The van der Waals surface area contributed by atoms with E-state index in [4.69, 9.17) is 4.18 Å². The van der Waals surface area contributed by atoms with Crippen molar-refractivity contribution in [1.82, 2.24) is 0 Å². The summed E-state index contributed by atoms with van der Waals surface area (Å²) in [6.45, 7) is 2.02. The van der Waals surface area contributed by atoms with E-state index >= 15 is 0 Å². The van der Waals surface area contributed by atoms with Crippen LogP contribution in [0.25, 0.3) is 65.7 Å². The lowest BCUT2D eigenvalue weighted by atomic mass is 9.98. The van der Waals surface area contributed by atoms with Gasteiger partial charge in [-0.15, -0.1) is 0 Å². The van der Waals surface area contributed by atoms with Gasteiger partial charge in [0.2, 0.25) is 0 Å². The van der Waals surface area contributed by atoms with Gasteiger partial charge in [0.1, 0.15) is 0 Å². The molecule has 3 heteroatoms. The summed E-state index contributed by atoms with van der Waals surface area (Å²) < 4.78 is 6.93. The second kappa shape index (κ2) is 14.8. The minimum atomic E-state index is -2.53. The van der Waals surface area contributed by atoms with E-state index in [0.717, 1.165) is 31.4 Å². The third-order valence-electron chi connectivity index (χ3n) is 10.5. The number of fused-ring (bicyclic) bond motifs is 3. The second-order valence-electron chi connectivity index (χ2n) is 13.9. The number of rotatable bonds is 9. The highest BCUT2D eigenvalue weighted by Gasteiger charge is 2.36. The van der Waals surface area contributed by atoms with Crippen LogP contribution in [0.3, 0.4) is 0 Å². The maximum absolute atomic E-state index is 13.9. The zero-order valence-electron chi connectivity index (χ0n) is 30.7. The Labute approximate surface area is 324 Å². The predicted octanol–water partition coefficient (Wildman–Crippen LogP) is 14.7. The predicted molar refractivity (Wildman–Crippen MR) is 232 cm³/mol. The van der Waals surface area contributed by atoms with Crippen molar-refractivity contribution in [3.05, 3.63) is 200 Å². The summed E-state index contributed by atoms with van der Waals surface area (Å²) >= 11 is 0. The van der Waals surface area contributed by atoms with Gasteiger partial charge < -0.3 is 4.18 Å². The fourth-order valence-electron chi connectivity index (χ4n) is 7.85. The van der Waals surface area contributed by atoms with Gasteiger partial charge in [-0.2, -0.15) is 0 Å². The molecule has 0 unspecified atom stereocenters. The second-order valence-corrected chi connectivity index (χ2v) is 16.6. The average Bonchev–Trinajstić information content (AvgIpc) is 3.25. The molecule has 0 heterocycles. The lowest BCUT2D eigenvalue weighted by Gasteiger charge is -2.40. The van der Waals surface area contributed by atoms with Crippen LogP contribution in [-0.4, -0.2) is 5.97 Å². The Morgan fingerprint density at radius 2 is 0.709 bits per heavy atom. The molecule has 0 saturated carbocycles. The molecule has 9 aromatic carbocycles. The molecule has 0 aliphatic heterocycles. The highest BCUT2D eigenvalue weighted by atomic mass is 32.3.